The van der Waals surface area contributed by atoms with Gasteiger partial charge in [0.25, 0.3) is 11.8 Å². The molecule has 2 aliphatic rings. The summed E-state index contributed by atoms with van der Waals surface area (Å²) in [6.07, 6.45) is 7.53. The third kappa shape index (κ3) is 4.88. The predicted octanol–water partition coefficient (Wildman–Crippen LogP) is 4.12. The van der Waals surface area contributed by atoms with Crippen molar-refractivity contribution < 1.29 is 9.59 Å². The Bertz CT molecular complexity index is 1450. The number of nitrogens with one attached hydrogen (secondary N) is 1. The van der Waals surface area contributed by atoms with Gasteiger partial charge in [0.05, 0.1) is 11.8 Å². The number of benzene rings is 1. The molecule has 10 heteroatoms. The fourth-order valence-corrected chi connectivity index (χ4v) is 5.87. The van der Waals surface area contributed by atoms with Gasteiger partial charge in [-0.1, -0.05) is 18.2 Å². The van der Waals surface area contributed by atoms with Gasteiger partial charge in [-0.15, -0.1) is 11.3 Å². The molecule has 1 saturated carbocycles. The van der Waals surface area contributed by atoms with E-state index in [0.717, 1.165) is 16.2 Å². The largest absolute Gasteiger partial charge is 0.357 e. The molecule has 1 saturated heterocycles. The van der Waals surface area contributed by atoms with Crippen molar-refractivity contribution in [2.45, 2.75) is 44.7 Å². The number of piperidine rings is 1. The average Bonchev–Trinajstić information content (AvgIpc) is 3.57. The van der Waals surface area contributed by atoms with Crippen LogP contribution in [0.25, 0.3) is 16.2 Å². The van der Waals surface area contributed by atoms with Crippen LogP contribution in [0.1, 0.15) is 53.5 Å². The summed E-state index contributed by atoms with van der Waals surface area (Å²) < 4.78 is 1.81. The third-order valence-corrected chi connectivity index (χ3v) is 8.62. The first-order valence-electron chi connectivity index (χ1n) is 13.2. The Hall–Kier alpha value is -3.79. The Morgan fingerprint density at radius 1 is 1.11 bits per heavy atom. The zero-order valence-corrected chi connectivity index (χ0v) is 22.4. The van der Waals surface area contributed by atoms with Crippen LogP contribution in [0, 0.1) is 5.92 Å². The minimum Gasteiger partial charge on any atom is -0.357 e. The highest BCUT2D eigenvalue weighted by Gasteiger charge is 2.32. The van der Waals surface area contributed by atoms with Crippen LogP contribution in [-0.2, 0) is 0 Å². The topological polar surface area (TPSA) is 95.7 Å². The summed E-state index contributed by atoms with van der Waals surface area (Å²) in [6, 6.07) is 11.4. The summed E-state index contributed by atoms with van der Waals surface area (Å²) in [5.41, 5.74) is 1.87. The quantitative estimate of drug-likeness (QED) is 0.387. The Morgan fingerprint density at radius 3 is 2.61 bits per heavy atom. The molecule has 6 rings (SSSR count). The second-order valence-corrected chi connectivity index (χ2v) is 11.1. The molecule has 2 amide bonds. The van der Waals surface area contributed by atoms with Crippen molar-refractivity contribution >= 4 is 33.8 Å². The van der Waals surface area contributed by atoms with Crippen molar-refractivity contribution in [1.82, 2.24) is 29.8 Å². The molecule has 0 radical (unpaired) electrons. The van der Waals surface area contributed by atoms with E-state index in [2.05, 4.69) is 22.2 Å². The number of thiazole rings is 1. The van der Waals surface area contributed by atoms with E-state index in [4.69, 9.17) is 9.97 Å². The Labute approximate surface area is 225 Å². The fourth-order valence-electron chi connectivity index (χ4n) is 5.08. The number of hydrogen-bond donors (Lipinski definition) is 1. The third-order valence-electron chi connectivity index (χ3n) is 7.73. The number of nitrogens with zero attached hydrogens (tertiary/aromatic N) is 6. The number of anilines is 1. The molecule has 1 atom stereocenters. The Kier molecular flexibility index (Phi) is 6.57. The van der Waals surface area contributed by atoms with Gasteiger partial charge in [-0.25, -0.2) is 14.5 Å². The highest BCUT2D eigenvalue weighted by molar-refractivity contribution is 7.16. The summed E-state index contributed by atoms with van der Waals surface area (Å²) in [7, 11) is 2.04. The lowest BCUT2D eigenvalue weighted by Gasteiger charge is -2.32. The van der Waals surface area contributed by atoms with E-state index >= 15 is 0 Å². The highest BCUT2D eigenvalue weighted by atomic mass is 32.1. The zero-order chi connectivity index (χ0) is 26.2. The molecule has 1 N–H and O–H groups in total. The number of hydrogen-bond acceptors (Lipinski definition) is 7. The van der Waals surface area contributed by atoms with Gasteiger partial charge < -0.3 is 15.1 Å². The van der Waals surface area contributed by atoms with E-state index in [1.54, 1.807) is 17.5 Å². The van der Waals surface area contributed by atoms with Crippen LogP contribution >= 0.6 is 11.3 Å². The summed E-state index contributed by atoms with van der Waals surface area (Å²) in [5, 5.41) is 9.51. The van der Waals surface area contributed by atoms with Gasteiger partial charge in [-0.05, 0) is 50.7 Å². The average molecular weight is 530 g/mol. The molecule has 0 spiro atoms. The summed E-state index contributed by atoms with van der Waals surface area (Å²) >= 11 is 1.57. The number of likely N-dealkylation sites (tertiary alicyclic amines) is 1. The van der Waals surface area contributed by atoms with E-state index in [1.807, 2.05) is 64.4 Å². The highest BCUT2D eigenvalue weighted by Crippen LogP contribution is 2.36. The Balaban J connectivity index is 1.22. The van der Waals surface area contributed by atoms with Crippen LogP contribution in [0.4, 0.5) is 5.82 Å². The molecular formula is C28H31N7O2S. The second kappa shape index (κ2) is 10.2. The second-order valence-electron chi connectivity index (χ2n) is 10.2. The molecule has 1 aromatic carbocycles. The molecule has 196 valence electrons. The van der Waals surface area contributed by atoms with E-state index in [1.165, 1.54) is 12.8 Å². The lowest BCUT2D eigenvalue weighted by atomic mass is 10.0. The monoisotopic (exact) mass is 529 g/mol. The van der Waals surface area contributed by atoms with Gasteiger partial charge in [0, 0.05) is 55.4 Å². The van der Waals surface area contributed by atoms with Crippen molar-refractivity contribution in [2.75, 3.05) is 25.0 Å². The SMILES string of the molecule is C[C@@H](C1CC1)N(C)c1cc(C(=O)N2CCC(NC(=O)c3ccccc3)CC2)nc(-c2cnn3ccsc23)n1. The molecule has 3 aromatic heterocycles. The predicted molar refractivity (Wildman–Crippen MR) is 148 cm³/mol. The molecular weight excluding hydrogens is 498 g/mol. The first kappa shape index (κ1) is 24.5. The van der Waals surface area contributed by atoms with Crippen LogP contribution in [0.3, 0.4) is 0 Å². The zero-order valence-electron chi connectivity index (χ0n) is 21.6. The van der Waals surface area contributed by atoms with Crippen molar-refractivity contribution in [1.29, 1.82) is 0 Å². The van der Waals surface area contributed by atoms with E-state index in [0.29, 0.717) is 55.0 Å². The van der Waals surface area contributed by atoms with Gasteiger partial charge in [0.15, 0.2) is 5.82 Å². The summed E-state index contributed by atoms with van der Waals surface area (Å²) in [5.74, 6) is 1.74. The molecule has 0 bridgehead atoms. The van der Waals surface area contributed by atoms with Crippen molar-refractivity contribution in [3.05, 3.63) is 65.4 Å². The summed E-state index contributed by atoms with van der Waals surface area (Å²) in [4.78, 5) is 40.8. The minimum atomic E-state index is -0.107. The van der Waals surface area contributed by atoms with Crippen molar-refractivity contribution in [3.8, 4) is 11.4 Å². The number of fused-ring (bicyclic) bond motifs is 1. The fraction of sp³-hybridized carbons (Fsp3) is 0.393. The first-order valence-corrected chi connectivity index (χ1v) is 14.0. The minimum absolute atomic E-state index is 0.0355. The summed E-state index contributed by atoms with van der Waals surface area (Å²) in [6.45, 7) is 3.34. The van der Waals surface area contributed by atoms with Crippen LogP contribution in [0.5, 0.6) is 0 Å². The lowest BCUT2D eigenvalue weighted by molar-refractivity contribution is 0.0692. The first-order chi connectivity index (χ1) is 18.5. The van der Waals surface area contributed by atoms with Gasteiger partial charge in [-0.3, -0.25) is 9.59 Å². The van der Waals surface area contributed by atoms with Gasteiger partial charge in [0.1, 0.15) is 16.3 Å². The molecule has 2 fully saturated rings. The molecule has 4 heterocycles. The van der Waals surface area contributed by atoms with E-state index < -0.39 is 0 Å². The van der Waals surface area contributed by atoms with Crippen molar-refractivity contribution in [3.63, 3.8) is 0 Å². The normalized spacial score (nSPS) is 16.9. The number of carbonyl (C=O) groups excluding carboxylic acids is 2. The molecule has 9 nitrogen and oxygen atoms in total. The standard InChI is InChI=1S/C28H31N7O2S/c1-18(19-8-9-19)33(2)24-16-23(31-25(32-24)22-17-29-35-14-15-38-28(22)35)27(37)34-12-10-21(11-13-34)30-26(36)20-6-4-3-5-7-20/h3-7,14-19,21H,8-13H2,1-2H3,(H,30,36)/t18-/m0/s1. The van der Waals surface area contributed by atoms with Crippen molar-refractivity contribution in [2.24, 2.45) is 5.92 Å². The number of rotatable bonds is 7. The molecule has 1 aliphatic carbocycles. The molecule has 38 heavy (non-hydrogen) atoms. The van der Waals surface area contributed by atoms with E-state index in [-0.39, 0.29) is 17.9 Å². The maximum absolute atomic E-state index is 13.7. The van der Waals surface area contributed by atoms with Gasteiger partial charge in [0.2, 0.25) is 0 Å². The lowest BCUT2D eigenvalue weighted by Crippen LogP contribution is -2.46. The maximum atomic E-state index is 13.7. The molecule has 4 aromatic rings. The van der Waals surface area contributed by atoms with Gasteiger partial charge >= 0.3 is 0 Å². The number of aromatic nitrogens is 4. The smallest absolute Gasteiger partial charge is 0.272 e. The van der Waals surface area contributed by atoms with Crippen LogP contribution in [-0.4, -0.2) is 68.5 Å². The molecule has 1 aliphatic heterocycles. The molecule has 0 unspecified atom stereocenters. The number of amides is 2. The van der Waals surface area contributed by atoms with E-state index in [9.17, 15) is 9.59 Å². The van der Waals surface area contributed by atoms with Crippen LogP contribution < -0.4 is 10.2 Å². The van der Waals surface area contributed by atoms with Crippen LogP contribution in [0.15, 0.2) is 54.2 Å². The van der Waals surface area contributed by atoms with Gasteiger partial charge in [-0.2, -0.15) is 5.10 Å². The Morgan fingerprint density at radius 2 is 1.87 bits per heavy atom. The maximum Gasteiger partial charge on any atom is 0.272 e. The van der Waals surface area contributed by atoms with Crippen LogP contribution in [0.2, 0.25) is 0 Å². The number of carbonyl (C=O) groups is 2.